The standard InChI is InChI=1S/C16H25N3O2/c1-11(2)19-10-17-9-14(19)12-6-7-13(8-12)18-15(20)21-16(3,4)5/h6,9-11,13H,7-8H2,1-5H3,(H,18,20). The molecule has 0 saturated carbocycles. The zero-order chi connectivity index (χ0) is 15.6. The first-order valence-corrected chi connectivity index (χ1v) is 7.47. The summed E-state index contributed by atoms with van der Waals surface area (Å²) < 4.78 is 7.45. The van der Waals surface area contributed by atoms with Gasteiger partial charge in [-0.2, -0.15) is 0 Å². The molecule has 5 heteroatoms. The highest BCUT2D eigenvalue weighted by Gasteiger charge is 2.24. The Labute approximate surface area is 126 Å². The molecule has 1 amide bonds. The number of hydrogen-bond donors (Lipinski definition) is 1. The second-order valence-electron chi connectivity index (χ2n) is 6.79. The molecule has 0 saturated heterocycles. The van der Waals surface area contributed by atoms with E-state index in [1.165, 1.54) is 5.57 Å². The molecule has 1 N–H and O–H groups in total. The molecule has 1 aromatic heterocycles. The number of nitrogens with one attached hydrogen (secondary N) is 1. The van der Waals surface area contributed by atoms with Crippen molar-refractivity contribution in [2.24, 2.45) is 0 Å². The van der Waals surface area contributed by atoms with E-state index in [0.717, 1.165) is 18.5 Å². The minimum atomic E-state index is -0.463. The Hall–Kier alpha value is -1.78. The van der Waals surface area contributed by atoms with Crippen LogP contribution in [0, 0.1) is 0 Å². The molecule has 0 fully saturated rings. The van der Waals surface area contributed by atoms with Crippen molar-refractivity contribution >= 4 is 11.7 Å². The summed E-state index contributed by atoms with van der Waals surface area (Å²) >= 11 is 0. The molecule has 0 aliphatic heterocycles. The minimum absolute atomic E-state index is 0.102. The van der Waals surface area contributed by atoms with Crippen LogP contribution in [0.3, 0.4) is 0 Å². The number of aromatic nitrogens is 2. The monoisotopic (exact) mass is 291 g/mol. The Morgan fingerprint density at radius 2 is 2.19 bits per heavy atom. The third-order valence-corrected chi connectivity index (χ3v) is 3.39. The van der Waals surface area contributed by atoms with Gasteiger partial charge in [0.05, 0.1) is 18.2 Å². The van der Waals surface area contributed by atoms with E-state index in [1.54, 1.807) is 0 Å². The van der Waals surface area contributed by atoms with Gasteiger partial charge in [-0.05, 0) is 53.0 Å². The fourth-order valence-electron chi connectivity index (χ4n) is 2.47. The molecular formula is C16H25N3O2. The first-order valence-electron chi connectivity index (χ1n) is 7.47. The van der Waals surface area contributed by atoms with Crippen LogP contribution in [0.5, 0.6) is 0 Å². The summed E-state index contributed by atoms with van der Waals surface area (Å²) in [5.74, 6) is 0. The van der Waals surface area contributed by atoms with Gasteiger partial charge in [-0.25, -0.2) is 9.78 Å². The topological polar surface area (TPSA) is 56.2 Å². The van der Waals surface area contributed by atoms with Crippen LogP contribution >= 0.6 is 0 Å². The number of rotatable bonds is 3. The highest BCUT2D eigenvalue weighted by atomic mass is 16.6. The molecule has 116 valence electrons. The van der Waals surface area contributed by atoms with E-state index in [-0.39, 0.29) is 12.1 Å². The maximum Gasteiger partial charge on any atom is 0.407 e. The fraction of sp³-hybridized carbons (Fsp3) is 0.625. The molecule has 0 spiro atoms. The molecule has 1 atom stereocenters. The summed E-state index contributed by atoms with van der Waals surface area (Å²) in [7, 11) is 0. The van der Waals surface area contributed by atoms with E-state index in [0.29, 0.717) is 6.04 Å². The van der Waals surface area contributed by atoms with Crippen molar-refractivity contribution in [1.82, 2.24) is 14.9 Å². The molecule has 21 heavy (non-hydrogen) atoms. The second kappa shape index (κ2) is 5.92. The predicted molar refractivity (Wildman–Crippen MR) is 83.0 cm³/mol. The summed E-state index contributed by atoms with van der Waals surface area (Å²) in [5.41, 5.74) is 1.91. The van der Waals surface area contributed by atoms with Gasteiger partial charge in [-0.15, -0.1) is 0 Å². The molecule has 1 heterocycles. The van der Waals surface area contributed by atoms with Crippen molar-refractivity contribution in [3.05, 3.63) is 24.3 Å². The number of amides is 1. The van der Waals surface area contributed by atoms with Crippen LogP contribution in [-0.4, -0.2) is 27.3 Å². The molecule has 0 bridgehead atoms. The molecule has 1 aromatic rings. The summed E-state index contributed by atoms with van der Waals surface area (Å²) in [5, 5.41) is 2.93. The first-order chi connectivity index (χ1) is 9.76. The maximum absolute atomic E-state index is 11.8. The lowest BCUT2D eigenvalue weighted by Crippen LogP contribution is -2.38. The lowest BCUT2D eigenvalue weighted by Gasteiger charge is -2.22. The average molecular weight is 291 g/mol. The lowest BCUT2D eigenvalue weighted by atomic mass is 10.1. The van der Waals surface area contributed by atoms with Crippen LogP contribution in [0.4, 0.5) is 4.79 Å². The van der Waals surface area contributed by atoms with Gasteiger partial charge in [0.15, 0.2) is 0 Å². The van der Waals surface area contributed by atoms with E-state index in [9.17, 15) is 4.79 Å². The van der Waals surface area contributed by atoms with Crippen LogP contribution in [0.1, 0.15) is 59.2 Å². The molecular weight excluding hydrogens is 266 g/mol. The van der Waals surface area contributed by atoms with E-state index < -0.39 is 5.60 Å². The van der Waals surface area contributed by atoms with Gasteiger partial charge in [-0.3, -0.25) is 0 Å². The van der Waals surface area contributed by atoms with E-state index in [4.69, 9.17) is 4.74 Å². The van der Waals surface area contributed by atoms with Crippen molar-refractivity contribution in [3.63, 3.8) is 0 Å². The van der Waals surface area contributed by atoms with Gasteiger partial charge in [-0.1, -0.05) is 6.08 Å². The smallest absolute Gasteiger partial charge is 0.407 e. The summed E-state index contributed by atoms with van der Waals surface area (Å²) in [4.78, 5) is 16.0. The molecule has 1 unspecified atom stereocenters. The number of ether oxygens (including phenoxy) is 1. The van der Waals surface area contributed by atoms with Crippen molar-refractivity contribution < 1.29 is 9.53 Å². The first kappa shape index (κ1) is 15.6. The fourth-order valence-corrected chi connectivity index (χ4v) is 2.47. The zero-order valence-corrected chi connectivity index (χ0v) is 13.5. The average Bonchev–Trinajstić information content (AvgIpc) is 2.92. The number of alkyl carbamates (subject to hydrolysis) is 1. The van der Waals surface area contributed by atoms with Crippen LogP contribution < -0.4 is 5.32 Å². The van der Waals surface area contributed by atoms with Crippen LogP contribution in [-0.2, 0) is 4.74 Å². The highest BCUT2D eigenvalue weighted by molar-refractivity contribution is 5.71. The number of carbonyl (C=O) groups excluding carboxylic acids is 1. The van der Waals surface area contributed by atoms with E-state index in [1.807, 2.05) is 33.3 Å². The lowest BCUT2D eigenvalue weighted by molar-refractivity contribution is 0.0507. The molecule has 2 rings (SSSR count). The zero-order valence-electron chi connectivity index (χ0n) is 13.5. The van der Waals surface area contributed by atoms with Gasteiger partial charge in [0.1, 0.15) is 5.60 Å². The highest BCUT2D eigenvalue weighted by Crippen LogP contribution is 2.29. The molecule has 1 aliphatic rings. The molecule has 5 nitrogen and oxygen atoms in total. The van der Waals surface area contributed by atoms with Gasteiger partial charge in [0.2, 0.25) is 0 Å². The largest absolute Gasteiger partial charge is 0.444 e. The predicted octanol–water partition coefficient (Wildman–Crippen LogP) is 3.53. The van der Waals surface area contributed by atoms with Crippen LogP contribution in [0.2, 0.25) is 0 Å². The number of nitrogens with zero attached hydrogens (tertiary/aromatic N) is 2. The van der Waals surface area contributed by atoms with Crippen LogP contribution in [0.15, 0.2) is 18.6 Å². The SMILES string of the molecule is CC(C)n1cncc1C1=CCC(NC(=O)OC(C)(C)C)C1. The Balaban J connectivity index is 1.94. The van der Waals surface area contributed by atoms with Crippen molar-refractivity contribution in [2.45, 2.75) is 65.1 Å². The molecule has 0 aromatic carbocycles. The Morgan fingerprint density at radius 1 is 1.48 bits per heavy atom. The Morgan fingerprint density at radius 3 is 2.81 bits per heavy atom. The van der Waals surface area contributed by atoms with Crippen molar-refractivity contribution in [2.75, 3.05) is 0 Å². The van der Waals surface area contributed by atoms with Crippen molar-refractivity contribution in [1.29, 1.82) is 0 Å². The van der Waals surface area contributed by atoms with Crippen molar-refractivity contribution in [3.8, 4) is 0 Å². The minimum Gasteiger partial charge on any atom is -0.444 e. The summed E-state index contributed by atoms with van der Waals surface area (Å²) in [6.07, 6.45) is 7.23. The summed E-state index contributed by atoms with van der Waals surface area (Å²) in [6.45, 7) is 9.87. The van der Waals surface area contributed by atoms with Gasteiger partial charge in [0, 0.05) is 12.1 Å². The Kier molecular flexibility index (Phi) is 4.40. The summed E-state index contributed by atoms with van der Waals surface area (Å²) in [6, 6.07) is 0.478. The Bertz CT molecular complexity index is 538. The second-order valence-corrected chi connectivity index (χ2v) is 6.79. The van der Waals surface area contributed by atoms with E-state index in [2.05, 4.69) is 34.8 Å². The molecule has 0 radical (unpaired) electrons. The normalized spacial score (nSPS) is 18.8. The number of carbonyl (C=O) groups is 1. The van der Waals surface area contributed by atoms with Gasteiger partial charge in [0.25, 0.3) is 0 Å². The van der Waals surface area contributed by atoms with Gasteiger partial charge >= 0.3 is 6.09 Å². The van der Waals surface area contributed by atoms with Gasteiger partial charge < -0.3 is 14.6 Å². The quantitative estimate of drug-likeness (QED) is 0.926. The maximum atomic E-state index is 11.8. The molecule has 1 aliphatic carbocycles. The van der Waals surface area contributed by atoms with E-state index >= 15 is 0 Å². The third-order valence-electron chi connectivity index (χ3n) is 3.39. The number of hydrogen-bond acceptors (Lipinski definition) is 3. The van der Waals surface area contributed by atoms with Crippen LogP contribution in [0.25, 0.3) is 5.57 Å². The number of imidazole rings is 1. The third kappa shape index (κ3) is 4.09.